The molecule has 1 saturated heterocycles. The maximum Gasteiger partial charge on any atom is 0.0695 e. The van der Waals surface area contributed by atoms with E-state index in [0.29, 0.717) is 18.1 Å². The quantitative estimate of drug-likeness (QED) is 0.463. The molecule has 2 nitrogen and oxygen atoms in total. The first-order valence-electron chi connectivity index (χ1n) is 10.1. The van der Waals surface area contributed by atoms with E-state index in [-0.39, 0.29) is 0 Å². The van der Waals surface area contributed by atoms with Crippen molar-refractivity contribution in [3.05, 3.63) is 41.5 Å². The predicted molar refractivity (Wildman–Crippen MR) is 119 cm³/mol. The Morgan fingerprint density at radius 1 is 1.27 bits per heavy atom. The number of hydrogen-bond donors (Lipinski definition) is 0. The zero-order valence-electron chi connectivity index (χ0n) is 17.5. The summed E-state index contributed by atoms with van der Waals surface area (Å²) >= 11 is 1.97. The third-order valence-corrected chi connectivity index (χ3v) is 5.74. The van der Waals surface area contributed by atoms with Gasteiger partial charge in [-0.3, -0.25) is 4.99 Å². The fraction of sp³-hybridized carbons (Fsp3) is 0.609. The van der Waals surface area contributed by atoms with Gasteiger partial charge in [0.15, 0.2) is 0 Å². The van der Waals surface area contributed by atoms with Crippen LogP contribution in [0.25, 0.3) is 5.70 Å². The highest BCUT2D eigenvalue weighted by atomic mass is 32.2. The van der Waals surface area contributed by atoms with Crippen LogP contribution in [-0.4, -0.2) is 29.9 Å². The maximum absolute atomic E-state index is 5.92. The molecule has 1 heterocycles. The lowest BCUT2D eigenvalue weighted by Gasteiger charge is -2.12. The molecular weight excluding hydrogens is 338 g/mol. The van der Waals surface area contributed by atoms with Gasteiger partial charge < -0.3 is 4.74 Å². The van der Waals surface area contributed by atoms with Gasteiger partial charge in [-0.05, 0) is 44.6 Å². The van der Waals surface area contributed by atoms with Crippen LogP contribution in [0.1, 0.15) is 66.4 Å². The largest absolute Gasteiger partial charge is 0.374 e. The molecule has 1 aromatic rings. The van der Waals surface area contributed by atoms with Crippen molar-refractivity contribution >= 4 is 23.7 Å². The molecule has 26 heavy (non-hydrogen) atoms. The van der Waals surface area contributed by atoms with Gasteiger partial charge in [-0.1, -0.05) is 58.0 Å². The van der Waals surface area contributed by atoms with Crippen LogP contribution in [-0.2, 0) is 4.74 Å². The van der Waals surface area contributed by atoms with Crippen LogP contribution >= 0.6 is 11.8 Å². The predicted octanol–water partition coefficient (Wildman–Crippen LogP) is 6.86. The highest BCUT2D eigenvalue weighted by Crippen LogP contribution is 2.26. The van der Waals surface area contributed by atoms with Gasteiger partial charge >= 0.3 is 0 Å². The molecule has 1 fully saturated rings. The van der Waals surface area contributed by atoms with E-state index >= 15 is 0 Å². The number of nitrogens with zero attached hydrogens (tertiary/aromatic N) is 1. The van der Waals surface area contributed by atoms with Crippen molar-refractivity contribution in [1.29, 1.82) is 0 Å². The summed E-state index contributed by atoms with van der Waals surface area (Å²) in [6.07, 6.45) is 6.49. The summed E-state index contributed by atoms with van der Waals surface area (Å²) in [5, 5.41) is 0. The molecule has 3 unspecified atom stereocenters. The summed E-state index contributed by atoms with van der Waals surface area (Å²) in [6, 6.07) is 10.5. The molecule has 0 amide bonds. The number of ether oxygens (including phenoxy) is 1. The summed E-state index contributed by atoms with van der Waals surface area (Å²) < 4.78 is 5.92. The van der Waals surface area contributed by atoms with Crippen molar-refractivity contribution in [2.24, 2.45) is 10.9 Å². The Labute approximate surface area is 165 Å². The maximum atomic E-state index is 5.92. The molecule has 0 spiro atoms. The van der Waals surface area contributed by atoms with Crippen molar-refractivity contribution in [3.8, 4) is 0 Å². The minimum absolute atomic E-state index is 0.432. The van der Waals surface area contributed by atoms with E-state index < -0.39 is 0 Å². The zero-order chi connectivity index (χ0) is 19.4. The lowest BCUT2D eigenvalue weighted by Crippen LogP contribution is -2.11. The average molecular weight is 376 g/mol. The van der Waals surface area contributed by atoms with Gasteiger partial charge in [0, 0.05) is 23.3 Å². The molecule has 2 rings (SSSR count). The van der Waals surface area contributed by atoms with Crippen LogP contribution in [0.5, 0.6) is 0 Å². The zero-order valence-corrected chi connectivity index (χ0v) is 18.3. The first kappa shape index (κ1) is 23.0. The van der Waals surface area contributed by atoms with Crippen molar-refractivity contribution in [2.45, 2.75) is 73.0 Å². The normalized spacial score (nSPS) is 21.9. The van der Waals surface area contributed by atoms with E-state index in [1.807, 2.05) is 25.6 Å². The smallest absolute Gasteiger partial charge is 0.0695 e. The highest BCUT2D eigenvalue weighted by molar-refractivity contribution is 7.99. The molecule has 3 atom stereocenters. The minimum Gasteiger partial charge on any atom is -0.374 e. The second kappa shape index (κ2) is 13.2. The topological polar surface area (TPSA) is 21.6 Å². The molecule has 0 radical (unpaired) electrons. The SMILES string of the molecule is CC.CCC(C)C=N/C(=C(\C)CSCC1CCC(C)O1)c1ccccc1. The van der Waals surface area contributed by atoms with Gasteiger partial charge in [0.1, 0.15) is 0 Å². The fourth-order valence-electron chi connectivity index (χ4n) is 2.75. The summed E-state index contributed by atoms with van der Waals surface area (Å²) in [5.41, 5.74) is 3.68. The molecule has 3 heteroatoms. The molecule has 1 aliphatic rings. The Morgan fingerprint density at radius 2 is 1.96 bits per heavy atom. The first-order chi connectivity index (χ1) is 12.6. The van der Waals surface area contributed by atoms with E-state index in [4.69, 9.17) is 9.73 Å². The van der Waals surface area contributed by atoms with Crippen LogP contribution in [0.3, 0.4) is 0 Å². The van der Waals surface area contributed by atoms with Crippen molar-refractivity contribution in [3.63, 3.8) is 0 Å². The molecule has 0 N–H and O–H groups in total. The summed E-state index contributed by atoms with van der Waals surface area (Å²) in [5.74, 6) is 2.60. The van der Waals surface area contributed by atoms with Gasteiger partial charge in [-0.2, -0.15) is 11.8 Å². The lowest BCUT2D eigenvalue weighted by atomic mass is 10.1. The molecular formula is C23H37NOS. The van der Waals surface area contributed by atoms with Gasteiger partial charge in [0.05, 0.1) is 17.9 Å². The molecule has 0 bridgehead atoms. The van der Waals surface area contributed by atoms with E-state index in [1.54, 1.807) is 0 Å². The Balaban J connectivity index is 0.00000163. The minimum atomic E-state index is 0.432. The van der Waals surface area contributed by atoms with Crippen LogP contribution in [0.15, 0.2) is 40.9 Å². The number of hydrogen-bond acceptors (Lipinski definition) is 3. The monoisotopic (exact) mass is 375 g/mol. The Hall–Kier alpha value is -1.06. The fourth-order valence-corrected chi connectivity index (χ4v) is 3.82. The van der Waals surface area contributed by atoms with Crippen LogP contribution in [0, 0.1) is 5.92 Å². The molecule has 1 aliphatic heterocycles. The molecule has 1 aromatic carbocycles. The van der Waals surface area contributed by atoms with Crippen molar-refractivity contribution in [2.75, 3.05) is 11.5 Å². The van der Waals surface area contributed by atoms with Gasteiger partial charge in [0.2, 0.25) is 0 Å². The van der Waals surface area contributed by atoms with Gasteiger partial charge in [-0.15, -0.1) is 0 Å². The molecule has 0 saturated carbocycles. The first-order valence-corrected chi connectivity index (χ1v) is 11.3. The number of rotatable bonds is 8. The standard InChI is InChI=1S/C21H31NOS.C2H6/c1-5-16(2)13-22-21(19-9-7-6-8-10-19)17(3)14-24-15-20-12-11-18(4)23-20;1-2/h6-10,13,16,18,20H,5,11-12,14-15H2,1-4H3;1-2H3/b21-17+,22-13?;. The highest BCUT2D eigenvalue weighted by Gasteiger charge is 2.21. The van der Waals surface area contributed by atoms with E-state index in [0.717, 1.165) is 23.6 Å². The van der Waals surface area contributed by atoms with Gasteiger partial charge in [0.25, 0.3) is 0 Å². The van der Waals surface area contributed by atoms with E-state index in [9.17, 15) is 0 Å². The summed E-state index contributed by atoms with van der Waals surface area (Å²) in [4.78, 5) is 4.84. The molecule has 0 aromatic heterocycles. The Bertz CT molecular complexity index is 553. The number of aliphatic imine (C=N–C) groups is 1. The van der Waals surface area contributed by atoms with E-state index in [1.165, 1.54) is 24.0 Å². The molecule has 146 valence electrons. The van der Waals surface area contributed by atoms with Crippen LogP contribution in [0.4, 0.5) is 0 Å². The second-order valence-corrected chi connectivity index (χ2v) is 7.85. The lowest BCUT2D eigenvalue weighted by molar-refractivity contribution is 0.0700. The second-order valence-electron chi connectivity index (χ2n) is 6.82. The molecule has 0 aliphatic carbocycles. The number of thioether (sulfide) groups is 1. The number of benzene rings is 1. The summed E-state index contributed by atoms with van der Waals surface area (Å²) in [7, 11) is 0. The summed E-state index contributed by atoms with van der Waals surface area (Å²) in [6.45, 7) is 12.8. The van der Waals surface area contributed by atoms with Crippen molar-refractivity contribution < 1.29 is 4.74 Å². The Kier molecular flexibility index (Phi) is 11.6. The van der Waals surface area contributed by atoms with E-state index in [2.05, 4.69) is 64.2 Å². The Morgan fingerprint density at radius 3 is 2.54 bits per heavy atom. The third-order valence-electron chi connectivity index (χ3n) is 4.50. The van der Waals surface area contributed by atoms with Crippen molar-refractivity contribution in [1.82, 2.24) is 0 Å². The average Bonchev–Trinajstić information content (AvgIpc) is 3.09. The van der Waals surface area contributed by atoms with Crippen LogP contribution in [0.2, 0.25) is 0 Å². The van der Waals surface area contributed by atoms with Crippen LogP contribution < -0.4 is 0 Å². The van der Waals surface area contributed by atoms with Gasteiger partial charge in [-0.25, -0.2) is 0 Å². The third kappa shape index (κ3) is 8.09.